The van der Waals surface area contributed by atoms with Crippen LogP contribution in [0.25, 0.3) is 0 Å². The molecule has 21 heavy (non-hydrogen) atoms. The molecule has 0 unspecified atom stereocenters. The molecule has 0 fully saturated rings. The normalized spacial score (nSPS) is 10.6. The topological polar surface area (TPSA) is 0 Å². The molecule has 0 atom stereocenters. The summed E-state index contributed by atoms with van der Waals surface area (Å²) in [7, 11) is 9.87. The van der Waals surface area contributed by atoms with Crippen molar-refractivity contribution in [2.24, 2.45) is 0 Å². The van der Waals surface area contributed by atoms with Gasteiger partial charge in [-0.05, 0) is 25.7 Å². The van der Waals surface area contributed by atoms with E-state index in [2.05, 4.69) is 27.7 Å². The van der Waals surface area contributed by atoms with E-state index in [0.717, 1.165) is 0 Å². The summed E-state index contributed by atoms with van der Waals surface area (Å²) in [5, 5.41) is 0. The molecule has 0 heterocycles. The van der Waals surface area contributed by atoms with Crippen LogP contribution in [0.3, 0.4) is 0 Å². The molecule has 5 heteroatoms. The Morgan fingerprint density at radius 2 is 0.810 bits per heavy atom. The molecule has 0 saturated carbocycles. The van der Waals surface area contributed by atoms with Crippen molar-refractivity contribution in [2.75, 3.05) is 26.2 Å². The average Bonchev–Trinajstić information content (AvgIpc) is 2.46. The number of hydrogen-bond donors (Lipinski definition) is 0. The third kappa shape index (κ3) is 17.5. The minimum Gasteiger partial charge on any atom is -1.00 e. The van der Waals surface area contributed by atoms with Crippen LogP contribution in [0.15, 0.2) is 0 Å². The third-order valence-electron chi connectivity index (χ3n) is 3.94. The number of unbranched alkanes of at least 4 members (excludes halogenated alkanes) is 4. The first kappa shape index (κ1) is 27.1. The largest absolute Gasteiger partial charge is 1.00 e. The fourth-order valence-electron chi connectivity index (χ4n) is 2.64. The van der Waals surface area contributed by atoms with Gasteiger partial charge in [-0.2, -0.15) is 0 Å². The van der Waals surface area contributed by atoms with E-state index in [9.17, 15) is 0 Å². The molecule has 0 N–H and O–H groups in total. The van der Waals surface area contributed by atoms with E-state index in [4.69, 9.17) is 17.8 Å². The van der Waals surface area contributed by atoms with E-state index < -0.39 is 18.9 Å². The van der Waals surface area contributed by atoms with Crippen LogP contribution in [-0.4, -0.2) is 49.6 Å². The number of quaternary nitrogens is 1. The molecular weight excluding hydrogens is 415 g/mol. The van der Waals surface area contributed by atoms with E-state index in [1.54, 1.807) is 0 Å². The second-order valence-electron chi connectivity index (χ2n) is 5.72. The smallest absolute Gasteiger partial charge is 1.00 e. The van der Waals surface area contributed by atoms with E-state index in [-0.39, 0.29) is 4.70 Å². The summed E-state index contributed by atoms with van der Waals surface area (Å²) in [6, 6.07) is 0. The Bertz CT molecular complexity index is 148. The molecule has 0 amide bonds. The molecule has 2 radical (unpaired) electrons. The van der Waals surface area contributed by atoms with Crippen LogP contribution in [0.1, 0.15) is 79.1 Å². The summed E-state index contributed by atoms with van der Waals surface area (Å²) >= 11 is -0.826. The van der Waals surface area contributed by atoms with Gasteiger partial charge in [-0.1, -0.05) is 53.4 Å². The van der Waals surface area contributed by atoms with Crippen molar-refractivity contribution >= 4 is 36.7 Å². The molecule has 0 spiro atoms. The van der Waals surface area contributed by atoms with Gasteiger partial charge < -0.3 is 9.19 Å². The van der Waals surface area contributed by atoms with Crippen molar-refractivity contribution in [3.63, 3.8) is 0 Å². The molecule has 0 aromatic carbocycles. The maximum absolute atomic E-state index is 4.93. The van der Waals surface area contributed by atoms with E-state index >= 15 is 0 Å². The van der Waals surface area contributed by atoms with E-state index in [0.29, 0.717) is 0 Å². The molecule has 0 bridgehead atoms. The SMILES string of the molecule is CCCC[N+](CCCC)(CCCC)CCCC.[Cl][Sn][Cl].[F-]. The zero-order valence-electron chi connectivity index (χ0n) is 14.6. The summed E-state index contributed by atoms with van der Waals surface area (Å²) in [5.74, 6) is 0. The monoisotopic (exact) mass is 451 g/mol. The van der Waals surface area contributed by atoms with Crippen molar-refractivity contribution in [3.8, 4) is 0 Å². The molecule has 0 aliphatic heterocycles. The maximum atomic E-state index is 4.93. The van der Waals surface area contributed by atoms with Gasteiger partial charge in [-0.15, -0.1) is 0 Å². The van der Waals surface area contributed by atoms with Crippen molar-refractivity contribution in [1.82, 2.24) is 0 Å². The number of hydrogen-bond acceptors (Lipinski definition) is 0. The van der Waals surface area contributed by atoms with Crippen LogP contribution in [0, 0.1) is 0 Å². The third-order valence-corrected chi connectivity index (χ3v) is 3.94. The predicted molar refractivity (Wildman–Crippen MR) is 96.8 cm³/mol. The van der Waals surface area contributed by atoms with Crippen LogP contribution >= 0.6 is 17.8 Å². The van der Waals surface area contributed by atoms with Crippen LogP contribution < -0.4 is 4.70 Å². The zero-order chi connectivity index (χ0) is 15.7. The Morgan fingerprint density at radius 3 is 0.952 bits per heavy atom. The van der Waals surface area contributed by atoms with Gasteiger partial charge in [0.1, 0.15) is 0 Å². The molecule has 0 aliphatic carbocycles. The molecule has 0 aromatic heterocycles. The van der Waals surface area contributed by atoms with Gasteiger partial charge >= 0.3 is 36.7 Å². The first-order valence-corrected chi connectivity index (χ1v) is 15.7. The van der Waals surface area contributed by atoms with Crippen molar-refractivity contribution in [3.05, 3.63) is 0 Å². The van der Waals surface area contributed by atoms with E-state index in [1.165, 1.54) is 82.0 Å². The van der Waals surface area contributed by atoms with Crippen molar-refractivity contribution < 1.29 is 9.19 Å². The van der Waals surface area contributed by atoms with Gasteiger partial charge in [0.2, 0.25) is 0 Å². The van der Waals surface area contributed by atoms with Crippen LogP contribution in [0.5, 0.6) is 0 Å². The van der Waals surface area contributed by atoms with Crippen molar-refractivity contribution in [1.29, 1.82) is 0 Å². The Kier molecular flexibility index (Phi) is 27.5. The van der Waals surface area contributed by atoms with Gasteiger partial charge in [0.05, 0.1) is 26.2 Å². The summed E-state index contributed by atoms with van der Waals surface area (Å²) in [6.07, 6.45) is 11.1. The Hall–Kier alpha value is 1.27. The van der Waals surface area contributed by atoms with Crippen molar-refractivity contribution in [2.45, 2.75) is 79.1 Å². The Labute approximate surface area is 150 Å². The fourth-order valence-corrected chi connectivity index (χ4v) is 2.64. The average molecular weight is 451 g/mol. The minimum atomic E-state index is -0.826. The van der Waals surface area contributed by atoms with Gasteiger partial charge in [0, 0.05) is 0 Å². The summed E-state index contributed by atoms with van der Waals surface area (Å²) in [6.45, 7) is 15.0. The van der Waals surface area contributed by atoms with Crippen LogP contribution in [-0.2, 0) is 0 Å². The summed E-state index contributed by atoms with van der Waals surface area (Å²) in [5.41, 5.74) is 0. The maximum Gasteiger partial charge on any atom is -1.00 e. The van der Waals surface area contributed by atoms with Gasteiger partial charge in [-0.3, -0.25) is 0 Å². The first-order chi connectivity index (χ1) is 9.66. The molecule has 1 nitrogen and oxygen atoms in total. The van der Waals surface area contributed by atoms with Gasteiger partial charge in [0.15, 0.2) is 0 Å². The fraction of sp³-hybridized carbons (Fsp3) is 1.00. The first-order valence-electron chi connectivity index (χ1n) is 8.47. The standard InChI is InChI=1S/C16H36N.2ClH.FH.Sn/c1-5-9-13-17(14-10-6-2,15-11-7-3)16-12-8-4;;;;/h5-16H2,1-4H3;3*1H;/q+1;;;;+2/p-3. The number of nitrogens with zero attached hydrogens (tertiary/aromatic N) is 1. The molecule has 130 valence electrons. The van der Waals surface area contributed by atoms with Gasteiger partial charge in [-0.25, -0.2) is 0 Å². The van der Waals surface area contributed by atoms with Crippen LogP contribution in [0.4, 0.5) is 0 Å². The predicted octanol–water partition coefficient (Wildman–Crippen LogP) is 3.01. The molecule has 0 aromatic rings. The molecular formula is C16H36Cl2FNSn. The number of halogens is 3. The second-order valence-corrected chi connectivity index (χ2v) is 9.96. The second kappa shape index (κ2) is 21.3. The molecule has 0 aliphatic rings. The summed E-state index contributed by atoms with van der Waals surface area (Å²) in [4.78, 5) is 0. The zero-order valence-corrected chi connectivity index (χ0v) is 18.9. The molecule has 0 saturated heterocycles. The van der Waals surface area contributed by atoms with Crippen LogP contribution in [0.2, 0.25) is 0 Å². The number of rotatable bonds is 12. The minimum absolute atomic E-state index is 0. The van der Waals surface area contributed by atoms with Gasteiger partial charge in [0.25, 0.3) is 0 Å². The Morgan fingerprint density at radius 1 is 0.619 bits per heavy atom. The quantitative estimate of drug-likeness (QED) is 0.317. The van der Waals surface area contributed by atoms with E-state index in [1.807, 2.05) is 0 Å². The Balaban J connectivity index is -0.000000740. The summed E-state index contributed by atoms with van der Waals surface area (Å²) < 4.78 is 1.42. The molecule has 0 rings (SSSR count).